The van der Waals surface area contributed by atoms with Gasteiger partial charge in [0.2, 0.25) is 0 Å². The zero-order valence-electron chi connectivity index (χ0n) is 16.6. The lowest BCUT2D eigenvalue weighted by Crippen LogP contribution is -2.11. The van der Waals surface area contributed by atoms with Crippen LogP contribution in [-0.4, -0.2) is 56.0 Å². The van der Waals surface area contributed by atoms with Crippen molar-refractivity contribution in [1.82, 2.24) is 15.0 Å². The third kappa shape index (κ3) is 13.1. The van der Waals surface area contributed by atoms with Gasteiger partial charge in [-0.1, -0.05) is 63.6 Å². The molecular formula is C18H35B2N3O2. The van der Waals surface area contributed by atoms with Gasteiger partial charge in [-0.3, -0.25) is 0 Å². The smallest absolute Gasteiger partial charge is 0.115 e. The maximum atomic E-state index is 5.58. The second-order valence-corrected chi connectivity index (χ2v) is 7.19. The molecule has 1 heterocycles. The van der Waals surface area contributed by atoms with Crippen molar-refractivity contribution in [2.24, 2.45) is 0 Å². The molecule has 0 amide bonds. The summed E-state index contributed by atoms with van der Waals surface area (Å²) in [6.45, 7) is 12.3. The summed E-state index contributed by atoms with van der Waals surface area (Å²) in [5.41, 5.74) is 1.08. The Labute approximate surface area is 155 Å². The Hall–Kier alpha value is -0.810. The quantitative estimate of drug-likeness (QED) is 0.339. The number of rotatable bonds is 16. The molecule has 0 atom stereocenters. The second-order valence-electron chi connectivity index (χ2n) is 7.19. The van der Waals surface area contributed by atoms with Crippen molar-refractivity contribution in [1.29, 1.82) is 0 Å². The van der Waals surface area contributed by atoms with E-state index in [9.17, 15) is 0 Å². The molecule has 0 bridgehead atoms. The van der Waals surface area contributed by atoms with Crippen LogP contribution >= 0.6 is 0 Å². The molecule has 0 aliphatic carbocycles. The van der Waals surface area contributed by atoms with Gasteiger partial charge in [-0.25, -0.2) is 4.68 Å². The van der Waals surface area contributed by atoms with Gasteiger partial charge < -0.3 is 9.47 Å². The molecule has 2 radical (unpaired) electrons. The van der Waals surface area contributed by atoms with Crippen LogP contribution in [0.5, 0.6) is 0 Å². The molecule has 0 fully saturated rings. The molecule has 1 aromatic heterocycles. The minimum atomic E-state index is 0.630. The molecule has 7 heteroatoms. The van der Waals surface area contributed by atoms with Gasteiger partial charge >= 0.3 is 0 Å². The van der Waals surface area contributed by atoms with Crippen LogP contribution in [0.4, 0.5) is 0 Å². The molecule has 0 aliphatic rings. The Morgan fingerprint density at radius 3 is 2.32 bits per heavy atom. The molecule has 0 unspecified atom stereocenters. The van der Waals surface area contributed by atoms with Crippen LogP contribution in [0.2, 0.25) is 24.3 Å². The molecule has 25 heavy (non-hydrogen) atoms. The first-order valence-electron chi connectivity index (χ1n) is 9.79. The van der Waals surface area contributed by atoms with E-state index >= 15 is 0 Å². The van der Waals surface area contributed by atoms with E-state index in [1.54, 1.807) is 0 Å². The normalized spacial score (nSPS) is 11.4. The first kappa shape index (κ1) is 22.2. The van der Waals surface area contributed by atoms with Gasteiger partial charge in [-0.2, -0.15) is 0 Å². The predicted molar refractivity (Wildman–Crippen MR) is 106 cm³/mol. The van der Waals surface area contributed by atoms with E-state index in [0.29, 0.717) is 31.5 Å². The molecule has 0 spiro atoms. The van der Waals surface area contributed by atoms with Gasteiger partial charge in [0.25, 0.3) is 0 Å². The maximum Gasteiger partial charge on any atom is 0.115 e. The summed E-state index contributed by atoms with van der Waals surface area (Å²) in [4.78, 5) is 0. The van der Waals surface area contributed by atoms with Crippen molar-refractivity contribution in [2.75, 3.05) is 26.4 Å². The molecule has 140 valence electrons. The topological polar surface area (TPSA) is 49.2 Å². The summed E-state index contributed by atoms with van der Waals surface area (Å²) in [6.07, 6.45) is 7.64. The minimum Gasteiger partial charge on any atom is -0.380 e. The highest BCUT2D eigenvalue weighted by atomic mass is 16.5. The molecular weight excluding hydrogens is 312 g/mol. The van der Waals surface area contributed by atoms with Crippen LogP contribution in [-0.2, 0) is 22.4 Å². The number of nitrogens with zero attached hydrogens (tertiary/aromatic N) is 3. The zero-order valence-corrected chi connectivity index (χ0v) is 16.6. The Bertz CT molecular complexity index is 428. The molecule has 0 aromatic carbocycles. The molecule has 1 aromatic rings. The second kappa shape index (κ2) is 14.4. The molecule has 0 saturated carbocycles. The van der Waals surface area contributed by atoms with Gasteiger partial charge in [0.15, 0.2) is 0 Å². The summed E-state index contributed by atoms with van der Waals surface area (Å²) < 4.78 is 13.0. The van der Waals surface area contributed by atoms with Gasteiger partial charge in [-0.05, 0) is 12.8 Å². The fourth-order valence-electron chi connectivity index (χ4n) is 2.43. The van der Waals surface area contributed by atoms with Crippen LogP contribution in [0.3, 0.4) is 0 Å². The van der Waals surface area contributed by atoms with Crippen LogP contribution in [0.15, 0.2) is 6.20 Å². The van der Waals surface area contributed by atoms with Crippen molar-refractivity contribution >= 4 is 14.6 Å². The third-order valence-electron chi connectivity index (χ3n) is 3.85. The lowest BCUT2D eigenvalue weighted by Gasteiger charge is -2.06. The van der Waals surface area contributed by atoms with E-state index in [2.05, 4.69) is 52.6 Å². The average Bonchev–Trinajstić information content (AvgIpc) is 3.00. The van der Waals surface area contributed by atoms with Crippen molar-refractivity contribution in [3.63, 3.8) is 0 Å². The fraction of sp³-hybridized carbons (Fsp3) is 0.889. The highest BCUT2D eigenvalue weighted by Gasteiger charge is 2.02. The van der Waals surface area contributed by atoms with Crippen molar-refractivity contribution in [3.8, 4) is 0 Å². The van der Waals surface area contributed by atoms with Crippen LogP contribution < -0.4 is 0 Å². The number of ether oxygens (including phenoxy) is 2. The summed E-state index contributed by atoms with van der Waals surface area (Å²) in [6, 6.07) is 0. The van der Waals surface area contributed by atoms with Crippen molar-refractivity contribution in [3.05, 3.63) is 11.9 Å². The standard InChI is InChI=1S/C18H35B2N3O2/c1-16(2)19-8-6-5-7-18-15-23(22-21-18)10-12-25-14-13-24-11-9-20-17(3)4/h15-17H,5-14H2,1-4H3. The van der Waals surface area contributed by atoms with E-state index in [1.165, 1.54) is 19.2 Å². The Kier molecular flexibility index (Phi) is 12.8. The Balaban J connectivity index is 1.95. The summed E-state index contributed by atoms with van der Waals surface area (Å²) in [5, 5.41) is 8.39. The number of aryl methyl sites for hydroxylation is 1. The number of unbranched alkanes of at least 4 members (excludes halogenated alkanes) is 1. The Morgan fingerprint density at radius 1 is 0.920 bits per heavy atom. The average molecular weight is 347 g/mol. The van der Waals surface area contributed by atoms with Gasteiger partial charge in [0.05, 0.1) is 32.1 Å². The molecule has 0 saturated heterocycles. The fourth-order valence-corrected chi connectivity index (χ4v) is 2.43. The summed E-state index contributed by atoms with van der Waals surface area (Å²) >= 11 is 0. The lowest BCUT2D eigenvalue weighted by molar-refractivity contribution is 0.0486. The van der Waals surface area contributed by atoms with Gasteiger partial charge in [0.1, 0.15) is 14.6 Å². The van der Waals surface area contributed by atoms with Gasteiger partial charge in [-0.15, -0.1) is 5.10 Å². The van der Waals surface area contributed by atoms with E-state index in [1.807, 2.05) is 10.9 Å². The number of hydrogen-bond donors (Lipinski definition) is 0. The van der Waals surface area contributed by atoms with E-state index in [4.69, 9.17) is 9.47 Å². The number of hydrogen-bond acceptors (Lipinski definition) is 4. The summed E-state index contributed by atoms with van der Waals surface area (Å²) in [7, 11) is 4.65. The van der Waals surface area contributed by atoms with Crippen molar-refractivity contribution in [2.45, 2.75) is 77.8 Å². The lowest BCUT2D eigenvalue weighted by atomic mass is 9.63. The van der Waals surface area contributed by atoms with Crippen LogP contribution in [0, 0.1) is 0 Å². The van der Waals surface area contributed by atoms with Crippen LogP contribution in [0.1, 0.15) is 46.2 Å². The highest BCUT2D eigenvalue weighted by Crippen LogP contribution is 2.07. The number of aromatic nitrogens is 3. The predicted octanol–water partition coefficient (Wildman–Crippen LogP) is 3.54. The molecule has 0 aliphatic heterocycles. The maximum absolute atomic E-state index is 5.58. The Morgan fingerprint density at radius 2 is 1.60 bits per heavy atom. The summed E-state index contributed by atoms with van der Waals surface area (Å²) in [5.74, 6) is 1.32. The largest absolute Gasteiger partial charge is 0.380 e. The minimum absolute atomic E-state index is 0.630. The monoisotopic (exact) mass is 347 g/mol. The van der Waals surface area contributed by atoms with E-state index in [-0.39, 0.29) is 0 Å². The first-order valence-corrected chi connectivity index (χ1v) is 9.79. The third-order valence-corrected chi connectivity index (χ3v) is 3.85. The molecule has 0 N–H and O–H groups in total. The van der Waals surface area contributed by atoms with Gasteiger partial charge in [0, 0.05) is 12.8 Å². The van der Waals surface area contributed by atoms with Crippen molar-refractivity contribution < 1.29 is 9.47 Å². The SMILES string of the molecule is CC(C)[B]CCCCc1cn(CCOCCOCC[B]C(C)C)nn1. The first-order chi connectivity index (χ1) is 12.1. The van der Waals surface area contributed by atoms with Crippen LogP contribution in [0.25, 0.3) is 0 Å². The van der Waals surface area contributed by atoms with E-state index in [0.717, 1.165) is 31.6 Å². The molecule has 5 nitrogen and oxygen atoms in total. The molecule has 1 rings (SSSR count). The van der Waals surface area contributed by atoms with E-state index < -0.39 is 0 Å². The highest BCUT2D eigenvalue weighted by molar-refractivity contribution is 6.37. The zero-order chi connectivity index (χ0) is 18.3.